The van der Waals surface area contributed by atoms with Gasteiger partial charge in [-0.1, -0.05) is 23.3 Å². The molecule has 0 atom stereocenters. The fourth-order valence-corrected chi connectivity index (χ4v) is 3.28. The monoisotopic (exact) mass is 394 g/mol. The molecular formula is C24H26O5. The second-order valence-corrected chi connectivity index (χ2v) is 7.62. The summed E-state index contributed by atoms with van der Waals surface area (Å²) < 4.78 is 11.3. The fourth-order valence-electron chi connectivity index (χ4n) is 3.28. The molecule has 1 heterocycles. The molecule has 5 heteroatoms. The molecule has 0 aliphatic heterocycles. The Morgan fingerprint density at radius 1 is 1.00 bits per heavy atom. The third kappa shape index (κ3) is 3.86. The van der Waals surface area contributed by atoms with E-state index in [1.807, 2.05) is 39.8 Å². The van der Waals surface area contributed by atoms with Crippen LogP contribution in [0.4, 0.5) is 0 Å². The summed E-state index contributed by atoms with van der Waals surface area (Å²) in [5.41, 5.74) is 3.14. The lowest BCUT2D eigenvalue weighted by atomic mass is 9.96. The van der Waals surface area contributed by atoms with Gasteiger partial charge in [0.15, 0.2) is 0 Å². The molecule has 0 saturated heterocycles. The van der Waals surface area contributed by atoms with Crippen molar-refractivity contribution in [2.75, 3.05) is 7.11 Å². The van der Waals surface area contributed by atoms with Crippen molar-refractivity contribution in [3.63, 3.8) is 0 Å². The van der Waals surface area contributed by atoms with Gasteiger partial charge in [-0.25, -0.2) is 0 Å². The average Bonchev–Trinajstić information content (AvgIpc) is 2.66. The molecule has 0 aliphatic rings. The van der Waals surface area contributed by atoms with Crippen LogP contribution in [0.1, 0.15) is 38.8 Å². The van der Waals surface area contributed by atoms with Crippen molar-refractivity contribution in [1.82, 2.24) is 0 Å². The zero-order valence-corrected chi connectivity index (χ0v) is 17.4. The number of benzene rings is 2. The first-order valence-electron chi connectivity index (χ1n) is 9.51. The number of hydrogen-bond acceptors (Lipinski definition) is 5. The normalized spacial score (nSPS) is 10.9. The molecule has 152 valence electrons. The summed E-state index contributed by atoms with van der Waals surface area (Å²) in [4.78, 5) is 13.2. The summed E-state index contributed by atoms with van der Waals surface area (Å²) in [6, 6.07) is 4.93. The number of phenolic OH excluding ortho intramolecular Hbond substituents is 2. The molecule has 29 heavy (non-hydrogen) atoms. The van der Waals surface area contributed by atoms with Crippen molar-refractivity contribution in [2.24, 2.45) is 0 Å². The largest absolute Gasteiger partial charge is 0.507 e. The summed E-state index contributed by atoms with van der Waals surface area (Å²) in [6.45, 7) is 7.79. The number of fused-ring (bicyclic) bond motifs is 2. The van der Waals surface area contributed by atoms with Gasteiger partial charge in [-0.2, -0.15) is 0 Å². The van der Waals surface area contributed by atoms with Crippen LogP contribution in [0.25, 0.3) is 21.9 Å². The van der Waals surface area contributed by atoms with Crippen LogP contribution in [0.3, 0.4) is 0 Å². The van der Waals surface area contributed by atoms with Crippen molar-refractivity contribution in [3.05, 3.63) is 62.8 Å². The molecule has 5 nitrogen and oxygen atoms in total. The number of ether oxygens (including phenoxy) is 1. The van der Waals surface area contributed by atoms with Gasteiger partial charge in [0.2, 0.25) is 5.43 Å². The van der Waals surface area contributed by atoms with Crippen LogP contribution in [0.2, 0.25) is 0 Å². The SMILES string of the molecule is COc1ccc2c(=O)c3c(O)c(CC=C(C)C)c(O)c(CC=C(C)C)c3oc2c1. The van der Waals surface area contributed by atoms with E-state index in [-0.39, 0.29) is 27.9 Å². The highest BCUT2D eigenvalue weighted by atomic mass is 16.5. The molecule has 0 amide bonds. The molecule has 0 radical (unpaired) electrons. The molecule has 0 bridgehead atoms. The van der Waals surface area contributed by atoms with Crippen LogP contribution < -0.4 is 10.2 Å². The third-order valence-electron chi connectivity index (χ3n) is 4.90. The summed E-state index contributed by atoms with van der Waals surface area (Å²) in [5.74, 6) is 0.275. The molecule has 0 saturated carbocycles. The van der Waals surface area contributed by atoms with Crippen LogP contribution in [0.5, 0.6) is 17.2 Å². The standard InChI is InChI=1S/C24H26O5/c1-13(2)6-9-17-21(25)18(10-7-14(3)4)24-20(23(17)27)22(26)16-11-8-15(28-5)12-19(16)29-24/h6-8,11-12,25,27H,9-10H2,1-5H3. The Balaban J connectivity index is 2.46. The lowest BCUT2D eigenvalue weighted by molar-refractivity contribution is 0.414. The number of hydrogen-bond donors (Lipinski definition) is 2. The molecule has 2 N–H and O–H groups in total. The highest BCUT2D eigenvalue weighted by molar-refractivity contribution is 5.97. The second-order valence-electron chi connectivity index (χ2n) is 7.62. The Morgan fingerprint density at radius 2 is 1.62 bits per heavy atom. The van der Waals surface area contributed by atoms with E-state index in [0.717, 1.165) is 11.1 Å². The minimum Gasteiger partial charge on any atom is -0.507 e. The molecule has 0 unspecified atom stereocenters. The third-order valence-corrected chi connectivity index (χ3v) is 4.90. The smallest absolute Gasteiger partial charge is 0.204 e. The van der Waals surface area contributed by atoms with Crippen LogP contribution in [-0.4, -0.2) is 17.3 Å². The first-order chi connectivity index (χ1) is 13.7. The topological polar surface area (TPSA) is 79.9 Å². The minimum absolute atomic E-state index is 0.0459. The molecular weight excluding hydrogens is 368 g/mol. The van der Waals surface area contributed by atoms with E-state index in [9.17, 15) is 15.0 Å². The quantitative estimate of drug-likeness (QED) is 0.448. The Bertz CT molecular complexity index is 1200. The van der Waals surface area contributed by atoms with Crippen molar-refractivity contribution < 1.29 is 19.4 Å². The van der Waals surface area contributed by atoms with Gasteiger partial charge in [-0.3, -0.25) is 4.79 Å². The van der Waals surface area contributed by atoms with Crippen molar-refractivity contribution in [3.8, 4) is 17.2 Å². The van der Waals surface area contributed by atoms with E-state index < -0.39 is 0 Å². The van der Waals surface area contributed by atoms with Crippen molar-refractivity contribution >= 4 is 21.9 Å². The highest BCUT2D eigenvalue weighted by Crippen LogP contribution is 2.40. The zero-order valence-electron chi connectivity index (χ0n) is 17.4. The Labute approximate surface area is 169 Å². The molecule has 2 aromatic carbocycles. The van der Waals surface area contributed by atoms with Gasteiger partial charge in [-0.05, 0) is 52.7 Å². The number of methoxy groups -OCH3 is 1. The van der Waals surface area contributed by atoms with E-state index in [2.05, 4.69) is 0 Å². The van der Waals surface area contributed by atoms with Crippen LogP contribution in [-0.2, 0) is 12.8 Å². The summed E-state index contributed by atoms with van der Waals surface area (Å²) in [7, 11) is 1.54. The maximum atomic E-state index is 13.2. The predicted octanol–water partition coefficient (Wildman–Crippen LogP) is 5.38. The van der Waals surface area contributed by atoms with E-state index >= 15 is 0 Å². The Hall–Kier alpha value is -3.21. The lowest BCUT2D eigenvalue weighted by Gasteiger charge is -2.15. The predicted molar refractivity (Wildman–Crippen MR) is 116 cm³/mol. The molecule has 0 aliphatic carbocycles. The van der Waals surface area contributed by atoms with Gasteiger partial charge in [0.25, 0.3) is 0 Å². The summed E-state index contributed by atoms with van der Waals surface area (Å²) in [5, 5.41) is 22.3. The lowest BCUT2D eigenvalue weighted by Crippen LogP contribution is -2.06. The first kappa shape index (κ1) is 20.5. The second kappa shape index (κ2) is 8.03. The summed E-state index contributed by atoms with van der Waals surface area (Å²) in [6.07, 6.45) is 4.55. The zero-order chi connectivity index (χ0) is 21.3. The maximum Gasteiger partial charge on any atom is 0.204 e. The van der Waals surface area contributed by atoms with Gasteiger partial charge in [0.1, 0.15) is 33.8 Å². The molecule has 0 spiro atoms. The van der Waals surface area contributed by atoms with E-state index in [1.165, 1.54) is 7.11 Å². The van der Waals surface area contributed by atoms with Gasteiger partial charge in [-0.15, -0.1) is 0 Å². The summed E-state index contributed by atoms with van der Waals surface area (Å²) >= 11 is 0. The highest BCUT2D eigenvalue weighted by Gasteiger charge is 2.23. The van der Waals surface area contributed by atoms with Crippen molar-refractivity contribution in [2.45, 2.75) is 40.5 Å². The maximum absolute atomic E-state index is 13.2. The number of phenols is 2. The first-order valence-corrected chi connectivity index (χ1v) is 9.51. The van der Waals surface area contributed by atoms with E-state index in [0.29, 0.717) is 40.7 Å². The fraction of sp³-hybridized carbons (Fsp3) is 0.292. The van der Waals surface area contributed by atoms with Gasteiger partial charge < -0.3 is 19.4 Å². The van der Waals surface area contributed by atoms with Gasteiger partial charge >= 0.3 is 0 Å². The van der Waals surface area contributed by atoms with Crippen LogP contribution in [0, 0.1) is 0 Å². The Kier molecular flexibility index (Phi) is 5.69. The molecule has 3 aromatic rings. The van der Waals surface area contributed by atoms with E-state index in [4.69, 9.17) is 9.15 Å². The molecule has 3 rings (SSSR count). The molecule has 1 aromatic heterocycles. The Morgan fingerprint density at radius 3 is 2.21 bits per heavy atom. The van der Waals surface area contributed by atoms with Gasteiger partial charge in [0, 0.05) is 17.2 Å². The average molecular weight is 394 g/mol. The van der Waals surface area contributed by atoms with Crippen LogP contribution in [0.15, 0.2) is 50.7 Å². The molecule has 0 fully saturated rings. The number of allylic oxidation sites excluding steroid dienone is 4. The number of aromatic hydroxyl groups is 2. The van der Waals surface area contributed by atoms with Gasteiger partial charge in [0.05, 0.1) is 12.5 Å². The van der Waals surface area contributed by atoms with Crippen molar-refractivity contribution in [1.29, 1.82) is 0 Å². The minimum atomic E-state index is -0.335. The van der Waals surface area contributed by atoms with E-state index in [1.54, 1.807) is 18.2 Å². The van der Waals surface area contributed by atoms with Crippen LogP contribution >= 0.6 is 0 Å². The number of rotatable bonds is 5.